The third-order valence-corrected chi connectivity index (χ3v) is 6.66. The van der Waals surface area contributed by atoms with Gasteiger partial charge in [0.15, 0.2) is 0 Å². The SMILES string of the molecule is Cc1[cH-]c(C)c(C)c1C.Cc1cc2c([cH-]1)CCCC2c1cc(C(F)(F)F)cc(C(F)(F)F)c1.[Cl][Zr+2][Cl]. The molecular formula is C27H28Cl2F6Zr. The fourth-order valence-electron chi connectivity index (χ4n) is 4.59. The van der Waals surface area contributed by atoms with Gasteiger partial charge in [-0.1, -0.05) is 59.4 Å². The van der Waals surface area contributed by atoms with Gasteiger partial charge in [-0.2, -0.15) is 77.4 Å². The Kier molecular flexibility index (Phi) is 11.0. The van der Waals surface area contributed by atoms with Crippen LogP contribution in [0.5, 0.6) is 0 Å². The molecule has 0 radical (unpaired) electrons. The van der Waals surface area contributed by atoms with E-state index >= 15 is 0 Å². The summed E-state index contributed by atoms with van der Waals surface area (Å²) in [5.74, 6) is -0.425. The van der Waals surface area contributed by atoms with Crippen molar-refractivity contribution in [3.63, 3.8) is 0 Å². The van der Waals surface area contributed by atoms with Crippen LogP contribution in [0.2, 0.25) is 0 Å². The number of fused-ring (bicyclic) bond motifs is 1. The summed E-state index contributed by atoms with van der Waals surface area (Å²) in [7, 11) is 9.87. The fourth-order valence-corrected chi connectivity index (χ4v) is 4.59. The van der Waals surface area contributed by atoms with E-state index in [0.29, 0.717) is 6.42 Å². The van der Waals surface area contributed by atoms with Crippen LogP contribution >= 0.6 is 17.0 Å². The van der Waals surface area contributed by atoms with Gasteiger partial charge in [-0.3, -0.25) is 0 Å². The van der Waals surface area contributed by atoms with Gasteiger partial charge < -0.3 is 0 Å². The second-order valence-corrected chi connectivity index (χ2v) is 12.9. The monoisotopic (exact) mass is 626 g/mol. The number of benzene rings is 1. The number of aryl methyl sites for hydroxylation is 4. The van der Waals surface area contributed by atoms with Crippen LogP contribution in [-0.4, -0.2) is 0 Å². The molecule has 0 bridgehead atoms. The molecule has 1 aliphatic carbocycles. The van der Waals surface area contributed by atoms with Gasteiger partial charge >= 0.3 is 50.2 Å². The van der Waals surface area contributed by atoms with E-state index in [9.17, 15) is 26.3 Å². The zero-order valence-corrected chi connectivity index (χ0v) is 24.7. The Labute approximate surface area is 227 Å². The van der Waals surface area contributed by atoms with Gasteiger partial charge in [-0.05, 0) is 24.1 Å². The zero-order chi connectivity index (χ0) is 27.4. The second-order valence-electron chi connectivity index (χ2n) is 9.13. The average molecular weight is 629 g/mol. The predicted octanol–water partition coefficient (Wildman–Crippen LogP) is 10.2. The summed E-state index contributed by atoms with van der Waals surface area (Å²) in [5, 5.41) is 0. The molecule has 0 aromatic heterocycles. The Morgan fingerprint density at radius 1 is 0.778 bits per heavy atom. The maximum atomic E-state index is 13.0. The molecule has 1 unspecified atom stereocenters. The minimum absolute atomic E-state index is 0.0868. The normalized spacial score (nSPS) is 15.2. The van der Waals surface area contributed by atoms with E-state index in [1.165, 1.54) is 22.3 Å². The van der Waals surface area contributed by atoms with E-state index < -0.39 is 50.2 Å². The molecule has 0 fully saturated rings. The summed E-state index contributed by atoms with van der Waals surface area (Å²) in [6.07, 6.45) is -7.51. The van der Waals surface area contributed by atoms with Crippen LogP contribution in [0.25, 0.3) is 0 Å². The van der Waals surface area contributed by atoms with Gasteiger partial charge in [0.2, 0.25) is 0 Å². The molecule has 0 N–H and O–H groups in total. The molecule has 196 valence electrons. The molecule has 0 saturated carbocycles. The number of halogens is 8. The molecule has 9 heteroatoms. The molecular weight excluding hydrogens is 600 g/mol. The third kappa shape index (κ3) is 7.98. The first-order valence-corrected chi connectivity index (χ1v) is 17.6. The van der Waals surface area contributed by atoms with Gasteiger partial charge in [-0.15, -0.1) is 0 Å². The standard InChI is InChI=1S/C18H15F6.C9H13.2ClH.Zr/c1-10-5-11-3-2-4-15(16(11)6-10)12-7-13(17(19,20)21)9-14(8-12)18(22,23)24;1-6-5-7(2)9(4)8(6)3;;;/h5-9,15H,2-4H2,1H3;5H,1-4H3;2*1H;/q2*-1;;;+4/p-2. The van der Waals surface area contributed by atoms with Crippen LogP contribution in [0.15, 0.2) is 36.4 Å². The summed E-state index contributed by atoms with van der Waals surface area (Å²) in [6.45, 7) is 10.6. The Morgan fingerprint density at radius 2 is 1.25 bits per heavy atom. The van der Waals surface area contributed by atoms with Crippen LogP contribution in [0.1, 0.15) is 74.4 Å². The molecule has 3 aromatic carbocycles. The number of alkyl halides is 6. The van der Waals surface area contributed by atoms with E-state index in [2.05, 4.69) is 33.8 Å². The number of hydrogen-bond acceptors (Lipinski definition) is 0. The molecule has 0 saturated heterocycles. The van der Waals surface area contributed by atoms with E-state index in [-0.39, 0.29) is 11.6 Å². The Hall–Kier alpha value is -1.04. The molecule has 0 amide bonds. The predicted molar refractivity (Wildman–Crippen MR) is 131 cm³/mol. The average Bonchev–Trinajstić information content (AvgIpc) is 3.26. The molecule has 0 spiro atoms. The zero-order valence-electron chi connectivity index (χ0n) is 20.7. The Morgan fingerprint density at radius 3 is 1.64 bits per heavy atom. The van der Waals surface area contributed by atoms with Crippen molar-refractivity contribution in [2.45, 2.75) is 72.2 Å². The molecule has 4 rings (SSSR count). The van der Waals surface area contributed by atoms with Gasteiger partial charge in [-0.25, -0.2) is 6.07 Å². The number of rotatable bonds is 1. The van der Waals surface area contributed by atoms with Crippen LogP contribution < -0.4 is 0 Å². The molecule has 0 heterocycles. The molecule has 1 atom stereocenters. The van der Waals surface area contributed by atoms with Crippen molar-refractivity contribution in [1.82, 2.24) is 0 Å². The topological polar surface area (TPSA) is 0 Å². The van der Waals surface area contributed by atoms with Crippen molar-refractivity contribution < 1.29 is 47.2 Å². The fraction of sp³-hybridized carbons (Fsp3) is 0.407. The van der Waals surface area contributed by atoms with E-state index in [0.717, 1.165) is 41.7 Å². The van der Waals surface area contributed by atoms with Crippen LogP contribution in [0, 0.1) is 34.6 Å². The van der Waals surface area contributed by atoms with Crippen molar-refractivity contribution in [1.29, 1.82) is 0 Å². The van der Waals surface area contributed by atoms with E-state index in [4.69, 9.17) is 17.0 Å². The minimum atomic E-state index is -4.81. The second kappa shape index (κ2) is 12.7. The summed E-state index contributed by atoms with van der Waals surface area (Å²) in [4.78, 5) is 0. The van der Waals surface area contributed by atoms with Crippen molar-refractivity contribution in [3.05, 3.63) is 92.0 Å². The molecule has 0 aliphatic heterocycles. The molecule has 1 aliphatic rings. The van der Waals surface area contributed by atoms with Gasteiger partial charge in [0.25, 0.3) is 0 Å². The first-order chi connectivity index (χ1) is 16.6. The molecule has 3 aromatic rings. The van der Waals surface area contributed by atoms with Gasteiger partial charge in [0, 0.05) is 0 Å². The summed E-state index contributed by atoms with van der Waals surface area (Å²) in [6, 6.07) is 7.97. The van der Waals surface area contributed by atoms with Crippen LogP contribution in [0.3, 0.4) is 0 Å². The van der Waals surface area contributed by atoms with E-state index in [1.807, 2.05) is 19.1 Å². The molecule has 36 heavy (non-hydrogen) atoms. The van der Waals surface area contributed by atoms with Crippen molar-refractivity contribution in [2.24, 2.45) is 0 Å². The van der Waals surface area contributed by atoms with Gasteiger partial charge in [0.05, 0.1) is 11.1 Å². The van der Waals surface area contributed by atoms with E-state index in [1.54, 1.807) is 0 Å². The van der Waals surface area contributed by atoms with Crippen molar-refractivity contribution >= 4 is 17.0 Å². The number of hydrogen-bond donors (Lipinski definition) is 0. The quantitative estimate of drug-likeness (QED) is 0.186. The maximum absolute atomic E-state index is 13.0. The first-order valence-electron chi connectivity index (χ1n) is 11.3. The summed E-state index contributed by atoms with van der Waals surface area (Å²) in [5.41, 5.74) is 6.19. The Bertz CT molecular complexity index is 1100. The molecule has 0 nitrogen and oxygen atoms in total. The van der Waals surface area contributed by atoms with Crippen LogP contribution in [0.4, 0.5) is 26.3 Å². The van der Waals surface area contributed by atoms with Crippen LogP contribution in [-0.2, 0) is 39.6 Å². The van der Waals surface area contributed by atoms with Gasteiger partial charge in [0.1, 0.15) is 0 Å². The Balaban J connectivity index is 0.000000316. The summed E-state index contributed by atoms with van der Waals surface area (Å²) >= 11 is -0.826. The van der Waals surface area contributed by atoms with Crippen molar-refractivity contribution in [2.75, 3.05) is 0 Å². The summed E-state index contributed by atoms with van der Waals surface area (Å²) < 4.78 is 78.2. The first kappa shape index (κ1) is 31.2. The third-order valence-electron chi connectivity index (χ3n) is 6.66. The van der Waals surface area contributed by atoms with Crippen molar-refractivity contribution in [3.8, 4) is 0 Å².